The third-order valence-corrected chi connectivity index (χ3v) is 4.25. The summed E-state index contributed by atoms with van der Waals surface area (Å²) >= 11 is 0. The summed E-state index contributed by atoms with van der Waals surface area (Å²) in [6.07, 6.45) is -0.915. The summed E-state index contributed by atoms with van der Waals surface area (Å²) in [4.78, 5) is 38.6. The minimum atomic E-state index is -0.915. The highest BCUT2D eigenvalue weighted by Crippen LogP contribution is 2.27. The Balaban J connectivity index is 1.88. The molecule has 0 bridgehead atoms. The number of rotatable bonds is 6. The number of benzene rings is 2. The Kier molecular flexibility index (Phi) is 5.41. The molecule has 142 valence electrons. The molecule has 2 amide bonds. The largest absolute Gasteiger partial charge is 0.493 e. The van der Waals surface area contributed by atoms with Crippen molar-refractivity contribution < 1.29 is 23.9 Å². The number of carbonyl (C=O) groups is 3. The first-order valence-electron chi connectivity index (χ1n) is 8.77. The van der Waals surface area contributed by atoms with E-state index in [-0.39, 0.29) is 23.9 Å². The Bertz CT molecular complexity index is 958. The van der Waals surface area contributed by atoms with Crippen molar-refractivity contribution in [3.05, 3.63) is 64.7 Å². The van der Waals surface area contributed by atoms with Crippen molar-refractivity contribution in [1.29, 1.82) is 5.26 Å². The first-order valence-corrected chi connectivity index (χ1v) is 8.77. The molecule has 0 saturated heterocycles. The Morgan fingerprint density at radius 2 is 1.79 bits per heavy atom. The minimum Gasteiger partial charge on any atom is -0.493 e. The van der Waals surface area contributed by atoms with Gasteiger partial charge in [-0.3, -0.25) is 14.5 Å². The van der Waals surface area contributed by atoms with Gasteiger partial charge in [-0.15, -0.1) is 0 Å². The molecular weight excluding hydrogens is 360 g/mol. The van der Waals surface area contributed by atoms with Crippen molar-refractivity contribution in [2.45, 2.75) is 26.5 Å². The maximum absolute atomic E-state index is 12.5. The van der Waals surface area contributed by atoms with Crippen molar-refractivity contribution in [2.75, 3.05) is 6.61 Å². The lowest BCUT2D eigenvalue weighted by Gasteiger charge is -2.16. The molecule has 0 saturated carbocycles. The normalized spacial score (nSPS) is 13.7. The van der Waals surface area contributed by atoms with Crippen molar-refractivity contribution >= 4 is 17.8 Å². The van der Waals surface area contributed by atoms with Crippen LogP contribution in [0.5, 0.6) is 5.75 Å². The van der Waals surface area contributed by atoms with Crippen molar-refractivity contribution in [1.82, 2.24) is 4.90 Å². The molecule has 2 aromatic carbocycles. The summed E-state index contributed by atoms with van der Waals surface area (Å²) in [5.74, 6) is -1.15. The molecule has 0 aliphatic carbocycles. The van der Waals surface area contributed by atoms with E-state index >= 15 is 0 Å². The first-order chi connectivity index (χ1) is 13.5. The Morgan fingerprint density at radius 1 is 1.14 bits per heavy atom. The highest BCUT2D eigenvalue weighted by Gasteiger charge is 2.35. The van der Waals surface area contributed by atoms with Crippen LogP contribution in [0.4, 0.5) is 0 Å². The lowest BCUT2D eigenvalue weighted by Crippen LogP contribution is -2.29. The Labute approximate surface area is 162 Å². The molecule has 1 atom stereocenters. The van der Waals surface area contributed by atoms with Gasteiger partial charge in [0.25, 0.3) is 11.8 Å². The number of hydrogen-bond donors (Lipinski definition) is 0. The van der Waals surface area contributed by atoms with Crippen LogP contribution >= 0.6 is 0 Å². The van der Waals surface area contributed by atoms with Gasteiger partial charge in [-0.25, -0.2) is 4.79 Å². The maximum atomic E-state index is 12.5. The van der Waals surface area contributed by atoms with E-state index < -0.39 is 12.1 Å². The molecule has 28 heavy (non-hydrogen) atoms. The van der Waals surface area contributed by atoms with Gasteiger partial charge in [0.05, 0.1) is 24.3 Å². The summed E-state index contributed by atoms with van der Waals surface area (Å²) in [6.45, 7) is 3.58. The minimum absolute atomic E-state index is 0.00678. The third kappa shape index (κ3) is 3.58. The van der Waals surface area contributed by atoms with Crippen molar-refractivity contribution in [2.24, 2.45) is 0 Å². The summed E-state index contributed by atoms with van der Waals surface area (Å²) in [6, 6.07) is 13.2. The summed E-state index contributed by atoms with van der Waals surface area (Å²) in [5.41, 5.74) is 1.43. The zero-order valence-corrected chi connectivity index (χ0v) is 15.5. The third-order valence-electron chi connectivity index (χ3n) is 4.25. The van der Waals surface area contributed by atoms with E-state index in [2.05, 4.69) is 0 Å². The highest BCUT2D eigenvalue weighted by atomic mass is 16.5. The molecule has 0 N–H and O–H groups in total. The van der Waals surface area contributed by atoms with Crippen LogP contribution in [0, 0.1) is 11.3 Å². The van der Waals surface area contributed by atoms with Crippen LogP contribution in [-0.2, 0) is 11.3 Å². The van der Waals surface area contributed by atoms with Gasteiger partial charge in [-0.05, 0) is 43.7 Å². The standard InChI is InChI=1S/C21H18N2O5/c1-3-27-18-9-8-14(10-17(18)21(26)28-13(2)11-22)12-23-19(24)15-6-4-5-7-16(15)20(23)25/h4-10,13H,3,12H2,1-2H3/t13-/m0/s1. The molecule has 0 unspecified atom stereocenters. The second-order valence-corrected chi connectivity index (χ2v) is 6.18. The first kappa shape index (κ1) is 19.1. The van der Waals surface area contributed by atoms with E-state index in [9.17, 15) is 14.4 Å². The topological polar surface area (TPSA) is 96.7 Å². The molecule has 0 aromatic heterocycles. The summed E-state index contributed by atoms with van der Waals surface area (Å²) < 4.78 is 10.5. The molecular formula is C21H18N2O5. The van der Waals surface area contributed by atoms with E-state index in [1.54, 1.807) is 43.3 Å². The van der Waals surface area contributed by atoms with Gasteiger partial charge < -0.3 is 9.47 Å². The van der Waals surface area contributed by atoms with E-state index in [4.69, 9.17) is 14.7 Å². The molecule has 7 heteroatoms. The van der Waals surface area contributed by atoms with E-state index in [0.717, 1.165) is 4.90 Å². The van der Waals surface area contributed by atoms with Gasteiger partial charge in [-0.2, -0.15) is 5.26 Å². The number of nitriles is 1. The van der Waals surface area contributed by atoms with Gasteiger partial charge in [-0.1, -0.05) is 18.2 Å². The quantitative estimate of drug-likeness (QED) is 0.566. The fourth-order valence-corrected chi connectivity index (χ4v) is 2.93. The number of imide groups is 1. The number of carbonyl (C=O) groups excluding carboxylic acids is 3. The predicted molar refractivity (Wildman–Crippen MR) is 98.7 cm³/mol. The second-order valence-electron chi connectivity index (χ2n) is 6.18. The fourth-order valence-electron chi connectivity index (χ4n) is 2.93. The maximum Gasteiger partial charge on any atom is 0.343 e. The van der Waals surface area contributed by atoms with Gasteiger partial charge in [0, 0.05) is 0 Å². The summed E-state index contributed by atoms with van der Waals surface area (Å²) in [7, 11) is 0. The van der Waals surface area contributed by atoms with Gasteiger partial charge in [0.1, 0.15) is 17.4 Å². The van der Waals surface area contributed by atoms with Crippen LogP contribution in [0.3, 0.4) is 0 Å². The molecule has 1 aliphatic rings. The van der Waals surface area contributed by atoms with E-state index in [1.165, 1.54) is 13.0 Å². The van der Waals surface area contributed by atoms with Crippen LogP contribution in [0.1, 0.15) is 50.5 Å². The number of hydrogen-bond acceptors (Lipinski definition) is 6. The van der Waals surface area contributed by atoms with Gasteiger partial charge in [0.2, 0.25) is 0 Å². The molecule has 0 radical (unpaired) electrons. The smallest absolute Gasteiger partial charge is 0.343 e. The average Bonchev–Trinajstić information content (AvgIpc) is 2.94. The zero-order valence-electron chi connectivity index (χ0n) is 15.5. The second kappa shape index (κ2) is 7.92. The number of nitrogens with zero attached hydrogens (tertiary/aromatic N) is 2. The van der Waals surface area contributed by atoms with E-state index in [0.29, 0.717) is 29.0 Å². The number of esters is 1. The number of amides is 2. The molecule has 0 fully saturated rings. The van der Waals surface area contributed by atoms with Crippen LogP contribution in [-0.4, -0.2) is 35.4 Å². The van der Waals surface area contributed by atoms with Crippen LogP contribution in [0.25, 0.3) is 0 Å². The predicted octanol–water partition coefficient (Wildman–Crippen LogP) is 2.95. The van der Waals surface area contributed by atoms with Gasteiger partial charge in [0.15, 0.2) is 6.10 Å². The lowest BCUT2D eigenvalue weighted by atomic mass is 10.1. The average molecular weight is 378 g/mol. The molecule has 3 rings (SSSR count). The Morgan fingerprint density at radius 3 is 2.36 bits per heavy atom. The zero-order chi connectivity index (χ0) is 20.3. The van der Waals surface area contributed by atoms with Crippen LogP contribution in [0.15, 0.2) is 42.5 Å². The number of fused-ring (bicyclic) bond motifs is 1. The number of ether oxygens (including phenoxy) is 2. The fraction of sp³-hybridized carbons (Fsp3) is 0.238. The Hall–Kier alpha value is -3.66. The molecule has 7 nitrogen and oxygen atoms in total. The summed E-state index contributed by atoms with van der Waals surface area (Å²) in [5, 5.41) is 8.85. The lowest BCUT2D eigenvalue weighted by molar-refractivity contribution is 0.0430. The molecule has 2 aromatic rings. The van der Waals surface area contributed by atoms with E-state index in [1.807, 2.05) is 6.07 Å². The van der Waals surface area contributed by atoms with Crippen LogP contribution < -0.4 is 4.74 Å². The SMILES string of the molecule is CCOc1ccc(CN2C(=O)c3ccccc3C2=O)cc1C(=O)O[C@@H](C)C#N. The van der Waals surface area contributed by atoms with Crippen LogP contribution in [0.2, 0.25) is 0 Å². The van der Waals surface area contributed by atoms with Crippen molar-refractivity contribution in [3.8, 4) is 11.8 Å². The molecule has 0 spiro atoms. The monoisotopic (exact) mass is 378 g/mol. The highest BCUT2D eigenvalue weighted by molar-refractivity contribution is 6.21. The molecule has 1 heterocycles. The van der Waals surface area contributed by atoms with Crippen molar-refractivity contribution in [3.63, 3.8) is 0 Å². The van der Waals surface area contributed by atoms with Gasteiger partial charge >= 0.3 is 5.97 Å². The molecule has 1 aliphatic heterocycles.